The van der Waals surface area contributed by atoms with Crippen LogP contribution in [0.4, 0.5) is 0 Å². The van der Waals surface area contributed by atoms with Crippen LogP contribution in [0.15, 0.2) is 0 Å². The molecule has 0 radical (unpaired) electrons. The van der Waals surface area contributed by atoms with Gasteiger partial charge in [-0.2, -0.15) is 5.26 Å². The van der Waals surface area contributed by atoms with E-state index in [0.29, 0.717) is 19.0 Å². The van der Waals surface area contributed by atoms with Crippen molar-refractivity contribution >= 4 is 5.91 Å². The summed E-state index contributed by atoms with van der Waals surface area (Å²) < 4.78 is 5.18. The van der Waals surface area contributed by atoms with Crippen LogP contribution >= 0.6 is 0 Å². The Balaban J connectivity index is 2.08. The topological polar surface area (TPSA) is 94.9 Å². The number of carbonyl (C=O) groups excluding carboxylic acids is 1. The number of nitrogens with one attached hydrogen (secondary N) is 1. The molecule has 1 atom stereocenters. The summed E-state index contributed by atoms with van der Waals surface area (Å²) in [5, 5.41) is 15.4. The predicted molar refractivity (Wildman–Crippen MR) is 61.7 cm³/mol. The molecule has 1 aliphatic rings. The molecule has 0 spiro atoms. The van der Waals surface area contributed by atoms with Crippen LogP contribution in [0.25, 0.3) is 0 Å². The van der Waals surface area contributed by atoms with Gasteiger partial charge in [0.1, 0.15) is 5.82 Å². The molecule has 1 fully saturated rings. The molecular formula is C11H15N5O2. The Morgan fingerprint density at radius 1 is 1.67 bits per heavy atom. The van der Waals surface area contributed by atoms with E-state index in [4.69, 9.17) is 10.00 Å². The van der Waals surface area contributed by atoms with E-state index in [9.17, 15) is 4.79 Å². The fourth-order valence-corrected chi connectivity index (χ4v) is 1.68. The first kappa shape index (κ1) is 12.5. The number of nitrogens with zero attached hydrogens (tertiary/aromatic N) is 4. The highest BCUT2D eigenvalue weighted by molar-refractivity contribution is 5.90. The van der Waals surface area contributed by atoms with E-state index in [1.54, 1.807) is 4.90 Å². The molecule has 1 aromatic rings. The van der Waals surface area contributed by atoms with E-state index in [1.807, 2.05) is 19.9 Å². The summed E-state index contributed by atoms with van der Waals surface area (Å²) in [6.45, 7) is 5.03. The van der Waals surface area contributed by atoms with Gasteiger partial charge in [-0.15, -0.1) is 5.10 Å². The molecule has 1 amide bonds. The minimum Gasteiger partial charge on any atom is -0.360 e. The molecular weight excluding hydrogens is 234 g/mol. The highest BCUT2D eigenvalue weighted by Crippen LogP contribution is 2.11. The number of morpholine rings is 1. The Morgan fingerprint density at radius 3 is 3.06 bits per heavy atom. The first-order valence-electron chi connectivity index (χ1n) is 5.84. The van der Waals surface area contributed by atoms with E-state index < -0.39 is 6.10 Å². The number of hydrogen-bond donors (Lipinski definition) is 1. The van der Waals surface area contributed by atoms with Crippen LogP contribution in [-0.4, -0.2) is 51.8 Å². The fraction of sp³-hybridized carbons (Fsp3) is 0.636. The van der Waals surface area contributed by atoms with Crippen molar-refractivity contribution in [1.29, 1.82) is 5.26 Å². The number of rotatable bonds is 2. The third-order valence-corrected chi connectivity index (χ3v) is 2.74. The standard InChI is InChI=1S/C11H15N5O2/c1-7(2)9-13-10(15-14-9)11(17)16-3-4-18-8(5-12)6-16/h7-8H,3-4,6H2,1-2H3,(H,13,14,15). The number of hydrogen-bond acceptors (Lipinski definition) is 5. The smallest absolute Gasteiger partial charge is 0.293 e. The van der Waals surface area contributed by atoms with Gasteiger partial charge in [-0.1, -0.05) is 13.8 Å². The van der Waals surface area contributed by atoms with Crippen LogP contribution in [0.3, 0.4) is 0 Å². The maximum absolute atomic E-state index is 12.1. The summed E-state index contributed by atoms with van der Waals surface area (Å²) in [6, 6.07) is 2.00. The van der Waals surface area contributed by atoms with Crippen molar-refractivity contribution in [2.45, 2.75) is 25.9 Å². The van der Waals surface area contributed by atoms with Gasteiger partial charge in [0.2, 0.25) is 5.82 Å². The molecule has 2 heterocycles. The molecule has 1 saturated heterocycles. The quantitative estimate of drug-likeness (QED) is 0.813. The molecule has 1 aromatic heterocycles. The van der Waals surface area contributed by atoms with E-state index in [0.717, 1.165) is 0 Å². The van der Waals surface area contributed by atoms with Crippen molar-refractivity contribution < 1.29 is 9.53 Å². The zero-order valence-corrected chi connectivity index (χ0v) is 10.4. The lowest BCUT2D eigenvalue weighted by atomic mass is 10.2. The largest absolute Gasteiger partial charge is 0.360 e. The normalized spacial score (nSPS) is 19.9. The monoisotopic (exact) mass is 249 g/mol. The third-order valence-electron chi connectivity index (χ3n) is 2.74. The Bertz CT molecular complexity index is 476. The SMILES string of the molecule is CC(C)c1nc(C(=O)N2CCOC(C#N)C2)n[nH]1. The number of amides is 1. The highest BCUT2D eigenvalue weighted by Gasteiger charge is 2.27. The van der Waals surface area contributed by atoms with Crippen molar-refractivity contribution in [3.63, 3.8) is 0 Å². The van der Waals surface area contributed by atoms with Crippen LogP contribution in [0.1, 0.15) is 36.2 Å². The molecule has 1 N–H and O–H groups in total. The minimum atomic E-state index is -0.564. The van der Waals surface area contributed by atoms with E-state index in [2.05, 4.69) is 15.2 Å². The number of carbonyl (C=O) groups is 1. The summed E-state index contributed by atoms with van der Waals surface area (Å²) in [6.07, 6.45) is -0.564. The van der Waals surface area contributed by atoms with Gasteiger partial charge in [0, 0.05) is 12.5 Å². The number of ether oxygens (including phenoxy) is 1. The Morgan fingerprint density at radius 2 is 2.44 bits per heavy atom. The van der Waals surface area contributed by atoms with Crippen LogP contribution in [0, 0.1) is 11.3 Å². The molecule has 96 valence electrons. The number of aromatic amines is 1. The third kappa shape index (κ3) is 2.49. The second-order valence-corrected chi connectivity index (χ2v) is 4.44. The highest BCUT2D eigenvalue weighted by atomic mass is 16.5. The predicted octanol–water partition coefficient (Wildman–Crippen LogP) is 0.293. The molecule has 2 rings (SSSR count). The van der Waals surface area contributed by atoms with Crippen molar-refractivity contribution in [2.75, 3.05) is 19.7 Å². The molecule has 18 heavy (non-hydrogen) atoms. The molecule has 0 aromatic carbocycles. The summed E-state index contributed by atoms with van der Waals surface area (Å²) in [5.74, 6) is 0.762. The second-order valence-electron chi connectivity index (χ2n) is 4.44. The van der Waals surface area contributed by atoms with E-state index >= 15 is 0 Å². The lowest BCUT2D eigenvalue weighted by Gasteiger charge is -2.28. The van der Waals surface area contributed by atoms with Gasteiger partial charge in [0.05, 0.1) is 19.2 Å². The molecule has 1 unspecified atom stereocenters. The van der Waals surface area contributed by atoms with Crippen LogP contribution in [0.5, 0.6) is 0 Å². The second kappa shape index (κ2) is 5.14. The van der Waals surface area contributed by atoms with Crippen LogP contribution in [0.2, 0.25) is 0 Å². The zero-order valence-electron chi connectivity index (χ0n) is 10.4. The lowest BCUT2D eigenvalue weighted by molar-refractivity contribution is 0.00293. The molecule has 1 aliphatic heterocycles. The Hall–Kier alpha value is -1.94. The van der Waals surface area contributed by atoms with Crippen molar-refractivity contribution in [2.24, 2.45) is 0 Å². The maximum Gasteiger partial charge on any atom is 0.293 e. The summed E-state index contributed by atoms with van der Waals surface area (Å²) in [4.78, 5) is 17.8. The fourth-order valence-electron chi connectivity index (χ4n) is 1.68. The van der Waals surface area contributed by atoms with E-state index in [1.165, 1.54) is 0 Å². The summed E-state index contributed by atoms with van der Waals surface area (Å²) in [7, 11) is 0. The van der Waals surface area contributed by atoms with Gasteiger partial charge in [-0.3, -0.25) is 9.89 Å². The molecule has 7 heteroatoms. The zero-order chi connectivity index (χ0) is 13.1. The lowest BCUT2D eigenvalue weighted by Crippen LogP contribution is -2.45. The van der Waals surface area contributed by atoms with Gasteiger partial charge in [-0.25, -0.2) is 4.98 Å². The summed E-state index contributed by atoms with van der Waals surface area (Å²) >= 11 is 0. The molecule has 0 aliphatic carbocycles. The summed E-state index contributed by atoms with van der Waals surface area (Å²) in [5.41, 5.74) is 0. The number of nitriles is 1. The van der Waals surface area contributed by atoms with Crippen molar-refractivity contribution in [3.8, 4) is 6.07 Å². The van der Waals surface area contributed by atoms with Gasteiger partial charge < -0.3 is 9.64 Å². The Labute approximate surface area is 105 Å². The first-order valence-corrected chi connectivity index (χ1v) is 5.84. The first-order chi connectivity index (χ1) is 8.61. The molecule has 0 saturated carbocycles. The van der Waals surface area contributed by atoms with Gasteiger partial charge in [0.15, 0.2) is 6.10 Å². The van der Waals surface area contributed by atoms with Crippen molar-refractivity contribution in [1.82, 2.24) is 20.1 Å². The van der Waals surface area contributed by atoms with Crippen molar-refractivity contribution in [3.05, 3.63) is 11.6 Å². The molecule has 0 bridgehead atoms. The van der Waals surface area contributed by atoms with Crippen LogP contribution in [-0.2, 0) is 4.74 Å². The molecule has 7 nitrogen and oxygen atoms in total. The average molecular weight is 249 g/mol. The van der Waals surface area contributed by atoms with Gasteiger partial charge >= 0.3 is 0 Å². The van der Waals surface area contributed by atoms with Crippen LogP contribution < -0.4 is 0 Å². The number of H-pyrrole nitrogens is 1. The van der Waals surface area contributed by atoms with E-state index in [-0.39, 0.29) is 24.2 Å². The number of aromatic nitrogens is 3. The maximum atomic E-state index is 12.1. The minimum absolute atomic E-state index is 0.150. The van der Waals surface area contributed by atoms with Gasteiger partial charge in [-0.05, 0) is 0 Å². The van der Waals surface area contributed by atoms with Gasteiger partial charge in [0.25, 0.3) is 5.91 Å². The Kier molecular flexibility index (Phi) is 3.58. The average Bonchev–Trinajstić information content (AvgIpc) is 2.87.